The second-order valence-corrected chi connectivity index (χ2v) is 6.71. The van der Waals surface area contributed by atoms with Crippen molar-refractivity contribution in [3.8, 4) is 0 Å². The predicted molar refractivity (Wildman–Crippen MR) is 83.9 cm³/mol. The van der Waals surface area contributed by atoms with Crippen LogP contribution in [0.2, 0.25) is 0 Å². The molecule has 0 aromatic rings. The molecule has 1 aliphatic heterocycles. The summed E-state index contributed by atoms with van der Waals surface area (Å²) in [7, 11) is 1.87. The molecule has 0 radical (unpaired) electrons. The van der Waals surface area contributed by atoms with Crippen molar-refractivity contribution in [3.05, 3.63) is 0 Å². The molecule has 2 rings (SSSR count). The summed E-state index contributed by atoms with van der Waals surface area (Å²) in [6, 6.07) is 0.751. The Morgan fingerprint density at radius 3 is 2.75 bits per heavy atom. The van der Waals surface area contributed by atoms with E-state index in [-0.39, 0.29) is 0 Å². The summed E-state index contributed by atoms with van der Waals surface area (Å²) in [6.07, 6.45) is 6.96. The maximum atomic E-state index is 5.75. The lowest BCUT2D eigenvalue weighted by molar-refractivity contribution is 0.0288. The molecule has 1 saturated carbocycles. The van der Waals surface area contributed by atoms with Gasteiger partial charge in [0.2, 0.25) is 0 Å². The number of methoxy groups -OCH3 is 1. The van der Waals surface area contributed by atoms with E-state index in [1.54, 1.807) is 0 Å². The van der Waals surface area contributed by atoms with E-state index in [4.69, 9.17) is 10.5 Å². The number of hydrogen-bond acceptors (Lipinski definition) is 4. The molecule has 20 heavy (non-hydrogen) atoms. The smallest absolute Gasteiger partial charge is 0.0586 e. The lowest BCUT2D eigenvalue weighted by Gasteiger charge is -2.36. The van der Waals surface area contributed by atoms with Gasteiger partial charge in [0, 0.05) is 32.8 Å². The van der Waals surface area contributed by atoms with E-state index >= 15 is 0 Å². The third-order valence-corrected chi connectivity index (χ3v) is 5.04. The van der Waals surface area contributed by atoms with Crippen LogP contribution < -0.4 is 5.73 Å². The highest BCUT2D eigenvalue weighted by atomic mass is 16.5. The monoisotopic (exact) mass is 283 g/mol. The molecule has 0 aromatic carbocycles. The van der Waals surface area contributed by atoms with Crippen LogP contribution in [-0.4, -0.2) is 68.3 Å². The van der Waals surface area contributed by atoms with E-state index < -0.39 is 0 Å². The Kier molecular flexibility index (Phi) is 6.75. The van der Waals surface area contributed by atoms with Crippen molar-refractivity contribution in [2.24, 2.45) is 11.7 Å². The normalized spacial score (nSPS) is 31.9. The van der Waals surface area contributed by atoms with Gasteiger partial charge in [-0.15, -0.1) is 0 Å². The minimum atomic E-state index is 0.491. The number of ether oxygens (including phenoxy) is 1. The van der Waals surface area contributed by atoms with Crippen LogP contribution in [0.1, 0.15) is 39.0 Å². The van der Waals surface area contributed by atoms with E-state index in [0.717, 1.165) is 19.1 Å². The van der Waals surface area contributed by atoms with Crippen molar-refractivity contribution < 1.29 is 4.74 Å². The second kappa shape index (κ2) is 8.32. The van der Waals surface area contributed by atoms with Gasteiger partial charge < -0.3 is 15.4 Å². The predicted octanol–water partition coefficient (Wildman–Crippen LogP) is 1.55. The van der Waals surface area contributed by atoms with Gasteiger partial charge in [-0.25, -0.2) is 0 Å². The van der Waals surface area contributed by atoms with Gasteiger partial charge in [-0.1, -0.05) is 6.92 Å². The van der Waals surface area contributed by atoms with E-state index in [2.05, 4.69) is 16.7 Å². The third kappa shape index (κ3) is 4.69. The van der Waals surface area contributed by atoms with Crippen LogP contribution in [-0.2, 0) is 4.74 Å². The van der Waals surface area contributed by atoms with Gasteiger partial charge in [0.1, 0.15) is 0 Å². The van der Waals surface area contributed by atoms with Crippen LogP contribution >= 0.6 is 0 Å². The van der Waals surface area contributed by atoms with E-state index in [9.17, 15) is 0 Å². The molecule has 4 nitrogen and oxygen atoms in total. The van der Waals surface area contributed by atoms with Crippen LogP contribution in [0.25, 0.3) is 0 Å². The Hall–Kier alpha value is -0.160. The highest BCUT2D eigenvalue weighted by Crippen LogP contribution is 2.25. The minimum absolute atomic E-state index is 0.491. The summed E-state index contributed by atoms with van der Waals surface area (Å²) < 4.78 is 5.58. The Bertz CT molecular complexity index is 274. The first-order valence-corrected chi connectivity index (χ1v) is 8.42. The molecule has 3 atom stereocenters. The molecule has 2 fully saturated rings. The summed E-state index contributed by atoms with van der Waals surface area (Å²) >= 11 is 0. The summed E-state index contributed by atoms with van der Waals surface area (Å²) in [5.41, 5.74) is 5.75. The number of nitrogens with zero attached hydrogens (tertiary/aromatic N) is 2. The van der Waals surface area contributed by atoms with Gasteiger partial charge in [-0.2, -0.15) is 0 Å². The molecule has 0 spiro atoms. The SMILES string of the molecule is COC1CCCC(N2CCCN(CC(C)CN)CC2)C1. The maximum absolute atomic E-state index is 5.75. The van der Waals surface area contributed by atoms with E-state index in [0.29, 0.717) is 12.0 Å². The molecule has 4 heteroatoms. The first kappa shape index (κ1) is 16.2. The first-order valence-electron chi connectivity index (χ1n) is 8.42. The zero-order valence-corrected chi connectivity index (χ0v) is 13.4. The van der Waals surface area contributed by atoms with Gasteiger partial charge in [-0.3, -0.25) is 4.90 Å². The fourth-order valence-electron chi connectivity index (χ4n) is 3.72. The third-order valence-electron chi connectivity index (χ3n) is 5.04. The van der Waals surface area contributed by atoms with Gasteiger partial charge in [-0.05, 0) is 57.7 Å². The van der Waals surface area contributed by atoms with Crippen molar-refractivity contribution in [1.82, 2.24) is 9.80 Å². The standard InChI is InChI=1S/C16H33N3O/c1-14(12-17)13-18-7-4-8-19(10-9-18)15-5-3-6-16(11-15)20-2/h14-16H,3-13,17H2,1-2H3. The second-order valence-electron chi connectivity index (χ2n) is 6.71. The van der Waals surface area contributed by atoms with Crippen LogP contribution in [0.5, 0.6) is 0 Å². The van der Waals surface area contributed by atoms with Crippen LogP contribution in [0, 0.1) is 5.92 Å². The fraction of sp³-hybridized carbons (Fsp3) is 1.00. The average molecular weight is 283 g/mol. The van der Waals surface area contributed by atoms with Crippen LogP contribution in [0.15, 0.2) is 0 Å². The largest absolute Gasteiger partial charge is 0.381 e. The molecule has 2 N–H and O–H groups in total. The van der Waals surface area contributed by atoms with Crippen molar-refractivity contribution in [1.29, 1.82) is 0 Å². The summed E-state index contributed by atoms with van der Waals surface area (Å²) in [4.78, 5) is 5.33. The zero-order valence-electron chi connectivity index (χ0n) is 13.4. The molecular formula is C16H33N3O. The van der Waals surface area contributed by atoms with E-state index in [1.165, 1.54) is 58.3 Å². The van der Waals surface area contributed by atoms with E-state index in [1.807, 2.05) is 7.11 Å². The molecule has 1 heterocycles. The minimum Gasteiger partial charge on any atom is -0.381 e. The molecular weight excluding hydrogens is 250 g/mol. The molecule has 2 aliphatic rings. The Labute approximate surface area is 124 Å². The summed E-state index contributed by atoms with van der Waals surface area (Å²) in [6.45, 7) is 9.15. The first-order chi connectivity index (χ1) is 9.72. The average Bonchev–Trinajstić information content (AvgIpc) is 2.73. The maximum Gasteiger partial charge on any atom is 0.0586 e. The molecule has 1 aliphatic carbocycles. The Morgan fingerprint density at radius 2 is 2.00 bits per heavy atom. The molecule has 1 saturated heterocycles. The Morgan fingerprint density at radius 1 is 1.15 bits per heavy atom. The summed E-state index contributed by atoms with van der Waals surface area (Å²) in [5.74, 6) is 0.620. The van der Waals surface area contributed by atoms with Crippen molar-refractivity contribution in [3.63, 3.8) is 0 Å². The molecule has 0 amide bonds. The summed E-state index contributed by atoms with van der Waals surface area (Å²) in [5, 5.41) is 0. The van der Waals surface area contributed by atoms with Crippen molar-refractivity contribution >= 4 is 0 Å². The van der Waals surface area contributed by atoms with Crippen LogP contribution in [0.4, 0.5) is 0 Å². The molecule has 118 valence electrons. The van der Waals surface area contributed by atoms with Crippen molar-refractivity contribution in [2.75, 3.05) is 46.4 Å². The highest BCUT2D eigenvalue weighted by molar-refractivity contribution is 4.83. The Balaban J connectivity index is 1.80. The van der Waals surface area contributed by atoms with Crippen molar-refractivity contribution in [2.45, 2.75) is 51.2 Å². The van der Waals surface area contributed by atoms with Gasteiger partial charge in [0.15, 0.2) is 0 Å². The quantitative estimate of drug-likeness (QED) is 0.831. The fourth-order valence-corrected chi connectivity index (χ4v) is 3.72. The van der Waals surface area contributed by atoms with Crippen LogP contribution in [0.3, 0.4) is 0 Å². The number of rotatable bonds is 5. The number of nitrogens with two attached hydrogens (primary N) is 1. The highest BCUT2D eigenvalue weighted by Gasteiger charge is 2.28. The molecule has 0 aromatic heterocycles. The number of hydrogen-bond donors (Lipinski definition) is 1. The molecule has 0 bridgehead atoms. The van der Waals surface area contributed by atoms with Gasteiger partial charge in [0.05, 0.1) is 6.10 Å². The molecule has 3 unspecified atom stereocenters. The topological polar surface area (TPSA) is 41.7 Å². The zero-order chi connectivity index (χ0) is 14.4. The van der Waals surface area contributed by atoms with Gasteiger partial charge >= 0.3 is 0 Å². The lowest BCUT2D eigenvalue weighted by Crippen LogP contribution is -2.43. The lowest BCUT2D eigenvalue weighted by atomic mass is 9.91. The van der Waals surface area contributed by atoms with Gasteiger partial charge in [0.25, 0.3) is 0 Å².